The van der Waals surface area contributed by atoms with Gasteiger partial charge in [-0.05, 0) is 55.9 Å². The maximum absolute atomic E-state index is 13.5. The summed E-state index contributed by atoms with van der Waals surface area (Å²) >= 11 is 1.82. The van der Waals surface area contributed by atoms with E-state index in [4.69, 9.17) is 9.97 Å². The highest BCUT2D eigenvalue weighted by Gasteiger charge is 2.28. The molecule has 1 fully saturated rings. The van der Waals surface area contributed by atoms with E-state index in [0.29, 0.717) is 31.7 Å². The van der Waals surface area contributed by atoms with Crippen LogP contribution in [0.25, 0.3) is 10.2 Å². The van der Waals surface area contributed by atoms with Crippen molar-refractivity contribution < 1.29 is 9.18 Å². The fourth-order valence-electron chi connectivity index (χ4n) is 4.58. The molecular weight excluding hydrogens is 399 g/mol. The molecule has 0 N–H and O–H groups in total. The molecule has 7 heteroatoms. The van der Waals surface area contributed by atoms with Gasteiger partial charge in [-0.1, -0.05) is 13.0 Å². The van der Waals surface area contributed by atoms with Gasteiger partial charge in [0.2, 0.25) is 0 Å². The molecule has 0 saturated carbocycles. The highest BCUT2D eigenvalue weighted by atomic mass is 32.1. The minimum absolute atomic E-state index is 0.111. The van der Waals surface area contributed by atoms with E-state index in [2.05, 4.69) is 11.8 Å². The average Bonchev–Trinajstić information content (AvgIpc) is 3.09. The Kier molecular flexibility index (Phi) is 4.93. The van der Waals surface area contributed by atoms with Crippen LogP contribution in [0.5, 0.6) is 0 Å². The van der Waals surface area contributed by atoms with Gasteiger partial charge in [-0.15, -0.1) is 11.3 Å². The molecule has 0 spiro atoms. The molecule has 1 amide bonds. The van der Waals surface area contributed by atoms with Crippen LogP contribution in [0.1, 0.15) is 40.0 Å². The maximum atomic E-state index is 13.5. The largest absolute Gasteiger partial charge is 0.352 e. The molecule has 0 radical (unpaired) electrons. The van der Waals surface area contributed by atoms with Crippen molar-refractivity contribution >= 4 is 33.3 Å². The summed E-state index contributed by atoms with van der Waals surface area (Å²) in [5, 5.41) is 1.22. The van der Waals surface area contributed by atoms with E-state index in [1.165, 1.54) is 34.4 Å². The first-order chi connectivity index (χ1) is 14.5. The topological polar surface area (TPSA) is 49.3 Å². The average molecular weight is 425 g/mol. The second-order valence-electron chi connectivity index (χ2n) is 8.42. The van der Waals surface area contributed by atoms with Crippen molar-refractivity contribution in [3.05, 3.63) is 51.9 Å². The first-order valence-corrected chi connectivity index (χ1v) is 11.4. The molecule has 1 saturated heterocycles. The van der Waals surface area contributed by atoms with Gasteiger partial charge in [0.05, 0.1) is 5.39 Å². The number of anilines is 1. The van der Waals surface area contributed by atoms with Crippen LogP contribution < -0.4 is 4.90 Å². The van der Waals surface area contributed by atoms with Gasteiger partial charge in [-0.3, -0.25) is 4.79 Å². The van der Waals surface area contributed by atoms with Crippen LogP contribution in [0.4, 0.5) is 10.2 Å². The molecule has 0 bridgehead atoms. The van der Waals surface area contributed by atoms with Crippen LogP contribution in [0.2, 0.25) is 0 Å². The predicted octanol–water partition coefficient (Wildman–Crippen LogP) is 4.23. The van der Waals surface area contributed by atoms with E-state index >= 15 is 0 Å². The van der Waals surface area contributed by atoms with Crippen molar-refractivity contribution in [1.29, 1.82) is 0 Å². The number of hydrogen-bond acceptors (Lipinski definition) is 5. The van der Waals surface area contributed by atoms with Gasteiger partial charge in [0.25, 0.3) is 5.91 Å². The number of amides is 1. The lowest BCUT2D eigenvalue weighted by Gasteiger charge is -2.36. The summed E-state index contributed by atoms with van der Waals surface area (Å²) in [5.41, 5.74) is 1.84. The number of nitrogens with zero attached hydrogens (tertiary/aromatic N) is 4. The molecule has 3 heterocycles. The maximum Gasteiger partial charge on any atom is 0.254 e. The first-order valence-electron chi connectivity index (χ1n) is 10.6. The standard InChI is InChI=1S/C23H25FN4OS/c1-14-6-7-18-19(12-14)30-22-20(18)21(25-15(2)26-22)27-8-10-28(11-9-27)23(29)16-4-3-5-17(24)13-16/h3-5,13-14H,6-12H2,1-2H3/t14-/m0/s1. The minimum atomic E-state index is -0.380. The Balaban J connectivity index is 1.40. The Morgan fingerprint density at radius 1 is 1.20 bits per heavy atom. The number of rotatable bonds is 2. The molecule has 1 aliphatic carbocycles. The number of thiophene rings is 1. The zero-order valence-electron chi connectivity index (χ0n) is 17.3. The van der Waals surface area contributed by atoms with Crippen molar-refractivity contribution in [3.63, 3.8) is 0 Å². The molecule has 3 aromatic rings. The van der Waals surface area contributed by atoms with E-state index in [1.807, 2.05) is 18.3 Å². The number of piperazine rings is 1. The third-order valence-corrected chi connectivity index (χ3v) is 7.33. The molecule has 2 aliphatic rings. The summed E-state index contributed by atoms with van der Waals surface area (Å²) < 4.78 is 13.5. The molecule has 2 aromatic heterocycles. The minimum Gasteiger partial charge on any atom is -0.352 e. The van der Waals surface area contributed by atoms with Gasteiger partial charge < -0.3 is 9.80 Å². The number of halogens is 1. The zero-order chi connectivity index (χ0) is 20.8. The smallest absolute Gasteiger partial charge is 0.254 e. The van der Waals surface area contributed by atoms with Crippen LogP contribution in [0, 0.1) is 18.7 Å². The molecule has 1 aliphatic heterocycles. The van der Waals surface area contributed by atoms with E-state index in [9.17, 15) is 9.18 Å². The van der Waals surface area contributed by atoms with E-state index < -0.39 is 0 Å². The van der Waals surface area contributed by atoms with Gasteiger partial charge in [-0.25, -0.2) is 14.4 Å². The van der Waals surface area contributed by atoms with Gasteiger partial charge in [0, 0.05) is 36.6 Å². The van der Waals surface area contributed by atoms with Crippen LogP contribution >= 0.6 is 11.3 Å². The van der Waals surface area contributed by atoms with Crippen LogP contribution in [-0.2, 0) is 12.8 Å². The van der Waals surface area contributed by atoms with Crippen LogP contribution in [-0.4, -0.2) is 47.0 Å². The van der Waals surface area contributed by atoms with Crippen molar-refractivity contribution in [2.45, 2.75) is 33.1 Å². The lowest BCUT2D eigenvalue weighted by atomic mass is 9.89. The summed E-state index contributed by atoms with van der Waals surface area (Å²) in [4.78, 5) is 29.0. The molecular formula is C23H25FN4OS. The van der Waals surface area contributed by atoms with Crippen molar-refractivity contribution in [1.82, 2.24) is 14.9 Å². The first kappa shape index (κ1) is 19.4. The second-order valence-corrected chi connectivity index (χ2v) is 9.50. The fraction of sp³-hybridized carbons (Fsp3) is 0.435. The monoisotopic (exact) mass is 424 g/mol. The van der Waals surface area contributed by atoms with Crippen LogP contribution in [0.15, 0.2) is 24.3 Å². The number of carbonyl (C=O) groups is 1. The molecule has 5 nitrogen and oxygen atoms in total. The molecule has 1 aromatic carbocycles. The van der Waals surface area contributed by atoms with E-state index in [-0.39, 0.29) is 11.7 Å². The van der Waals surface area contributed by atoms with Gasteiger partial charge in [0.1, 0.15) is 22.3 Å². The summed E-state index contributed by atoms with van der Waals surface area (Å²) in [6, 6.07) is 5.93. The summed E-state index contributed by atoms with van der Waals surface area (Å²) in [7, 11) is 0. The summed E-state index contributed by atoms with van der Waals surface area (Å²) in [5.74, 6) is 2.04. The third kappa shape index (κ3) is 3.45. The number of aryl methyl sites for hydroxylation is 2. The number of aromatic nitrogens is 2. The van der Waals surface area contributed by atoms with Gasteiger partial charge in [-0.2, -0.15) is 0 Å². The van der Waals surface area contributed by atoms with Gasteiger partial charge in [0.15, 0.2) is 0 Å². The SMILES string of the molecule is Cc1nc(N2CCN(C(=O)c3cccc(F)c3)CC2)c2c3c(sc2n1)C[C@@H](C)CC3. The molecule has 0 unspecified atom stereocenters. The highest BCUT2D eigenvalue weighted by molar-refractivity contribution is 7.19. The Labute approximate surface area is 179 Å². The Hall–Kier alpha value is -2.54. The Morgan fingerprint density at radius 3 is 2.77 bits per heavy atom. The number of hydrogen-bond donors (Lipinski definition) is 0. The summed E-state index contributed by atoms with van der Waals surface area (Å²) in [6.07, 6.45) is 3.43. The lowest BCUT2D eigenvalue weighted by Crippen LogP contribution is -2.49. The Bertz CT molecular complexity index is 1120. The van der Waals surface area contributed by atoms with E-state index in [0.717, 1.165) is 35.2 Å². The second kappa shape index (κ2) is 7.61. The predicted molar refractivity (Wildman–Crippen MR) is 118 cm³/mol. The highest BCUT2D eigenvalue weighted by Crippen LogP contribution is 2.41. The fourth-order valence-corrected chi connectivity index (χ4v) is 6.00. The van der Waals surface area contributed by atoms with Crippen LogP contribution in [0.3, 0.4) is 0 Å². The quantitative estimate of drug-likeness (QED) is 0.618. The van der Waals surface area contributed by atoms with E-state index in [1.54, 1.807) is 17.0 Å². The van der Waals surface area contributed by atoms with Crippen molar-refractivity contribution in [3.8, 4) is 0 Å². The lowest BCUT2D eigenvalue weighted by molar-refractivity contribution is 0.0746. The normalized spacial score (nSPS) is 19.2. The molecule has 1 atom stereocenters. The third-order valence-electron chi connectivity index (χ3n) is 6.19. The number of fused-ring (bicyclic) bond motifs is 3. The molecule has 5 rings (SSSR count). The summed E-state index contributed by atoms with van der Waals surface area (Å²) in [6.45, 7) is 6.90. The molecule has 30 heavy (non-hydrogen) atoms. The zero-order valence-corrected chi connectivity index (χ0v) is 18.1. The Morgan fingerprint density at radius 2 is 2.00 bits per heavy atom. The van der Waals surface area contributed by atoms with Crippen molar-refractivity contribution in [2.24, 2.45) is 5.92 Å². The molecule has 156 valence electrons. The van der Waals surface area contributed by atoms with Gasteiger partial charge >= 0.3 is 0 Å². The van der Waals surface area contributed by atoms with Crippen molar-refractivity contribution in [2.75, 3.05) is 31.1 Å². The number of benzene rings is 1. The number of carbonyl (C=O) groups excluding carboxylic acids is 1.